The van der Waals surface area contributed by atoms with Gasteiger partial charge in [-0.2, -0.15) is 0 Å². The Morgan fingerprint density at radius 1 is 0.780 bits per heavy atom. The molecule has 10 nitrogen and oxygen atoms in total. The quantitative estimate of drug-likeness (QED) is 0.295. The fraction of sp³-hybridized carbons (Fsp3) is 0.258. The van der Waals surface area contributed by atoms with Gasteiger partial charge in [-0.15, -0.1) is 0 Å². The molecule has 3 atom stereocenters. The molecule has 1 aromatic heterocycles. The van der Waals surface area contributed by atoms with Crippen LogP contribution >= 0.6 is 0 Å². The SMILES string of the molecule is COc1ccc(C(OC[C@H]2O[C@@H](n3ccc(=O)[nH]c3=O)C(OC)C2=O)(c2ccccc2)c2ccc(OC)cc2)cc1. The molecule has 0 aliphatic carbocycles. The molecule has 10 heteroatoms. The molecule has 212 valence electrons. The number of hydrogen-bond acceptors (Lipinski definition) is 8. The highest BCUT2D eigenvalue weighted by Crippen LogP contribution is 2.42. The maximum atomic E-state index is 13.4. The second-order valence-electron chi connectivity index (χ2n) is 9.41. The normalized spacial score (nSPS) is 18.8. The third-order valence-corrected chi connectivity index (χ3v) is 7.16. The van der Waals surface area contributed by atoms with E-state index in [4.69, 9.17) is 23.7 Å². The topological polar surface area (TPSA) is 118 Å². The molecule has 1 unspecified atom stereocenters. The number of nitrogens with zero attached hydrogens (tertiary/aromatic N) is 1. The molecule has 0 radical (unpaired) electrons. The monoisotopic (exact) mass is 558 g/mol. The lowest BCUT2D eigenvalue weighted by Gasteiger charge is -2.36. The average Bonchev–Trinajstić information content (AvgIpc) is 3.33. The number of methoxy groups -OCH3 is 3. The number of carbonyl (C=O) groups excluding carboxylic acids is 1. The van der Waals surface area contributed by atoms with Crippen LogP contribution in [-0.4, -0.2) is 55.5 Å². The number of ether oxygens (including phenoxy) is 5. The summed E-state index contributed by atoms with van der Waals surface area (Å²) in [5.41, 5.74) is -0.0463. The zero-order valence-corrected chi connectivity index (χ0v) is 22.8. The van der Waals surface area contributed by atoms with Crippen LogP contribution in [0.5, 0.6) is 11.5 Å². The van der Waals surface area contributed by atoms with E-state index in [0.717, 1.165) is 21.3 Å². The number of ketones is 1. The number of carbonyl (C=O) groups is 1. The van der Waals surface area contributed by atoms with Crippen LogP contribution in [0.4, 0.5) is 0 Å². The van der Waals surface area contributed by atoms with Crippen LogP contribution in [0.1, 0.15) is 22.9 Å². The maximum Gasteiger partial charge on any atom is 0.330 e. The predicted molar refractivity (Wildman–Crippen MR) is 149 cm³/mol. The van der Waals surface area contributed by atoms with E-state index < -0.39 is 35.3 Å². The molecule has 3 aromatic carbocycles. The Morgan fingerprint density at radius 3 is 1.85 bits per heavy atom. The Balaban J connectivity index is 1.57. The van der Waals surface area contributed by atoms with E-state index in [1.54, 1.807) is 14.2 Å². The summed E-state index contributed by atoms with van der Waals surface area (Å²) < 4.78 is 30.2. The molecule has 1 fully saturated rings. The van der Waals surface area contributed by atoms with Crippen LogP contribution in [-0.2, 0) is 24.6 Å². The summed E-state index contributed by atoms with van der Waals surface area (Å²) in [7, 11) is 4.56. The van der Waals surface area contributed by atoms with Crippen molar-refractivity contribution in [3.63, 3.8) is 0 Å². The molecule has 0 bridgehead atoms. The zero-order valence-electron chi connectivity index (χ0n) is 22.8. The predicted octanol–water partition coefficient (Wildman–Crippen LogP) is 3.04. The highest BCUT2D eigenvalue weighted by Gasteiger charge is 2.47. The van der Waals surface area contributed by atoms with Crippen LogP contribution in [0.25, 0.3) is 0 Å². The lowest BCUT2D eigenvalue weighted by atomic mass is 9.80. The van der Waals surface area contributed by atoms with Crippen molar-refractivity contribution < 1.29 is 28.5 Å². The van der Waals surface area contributed by atoms with Crippen molar-refractivity contribution in [2.24, 2.45) is 0 Å². The number of hydrogen-bond donors (Lipinski definition) is 1. The highest BCUT2D eigenvalue weighted by atomic mass is 16.6. The van der Waals surface area contributed by atoms with Crippen molar-refractivity contribution in [2.45, 2.75) is 24.0 Å². The van der Waals surface area contributed by atoms with Crippen molar-refractivity contribution in [2.75, 3.05) is 27.9 Å². The maximum absolute atomic E-state index is 13.4. The van der Waals surface area contributed by atoms with Gasteiger partial charge in [-0.05, 0) is 41.0 Å². The van der Waals surface area contributed by atoms with E-state index >= 15 is 0 Å². The fourth-order valence-electron chi connectivity index (χ4n) is 5.10. The number of nitrogens with one attached hydrogen (secondary N) is 1. The van der Waals surface area contributed by atoms with E-state index in [0.29, 0.717) is 11.5 Å². The van der Waals surface area contributed by atoms with Gasteiger partial charge in [-0.3, -0.25) is 19.1 Å². The van der Waals surface area contributed by atoms with Gasteiger partial charge in [0.15, 0.2) is 18.1 Å². The molecule has 2 heterocycles. The first kappa shape index (κ1) is 28.0. The van der Waals surface area contributed by atoms with E-state index in [1.165, 1.54) is 19.4 Å². The van der Waals surface area contributed by atoms with Crippen LogP contribution in [0.2, 0.25) is 0 Å². The first-order valence-corrected chi connectivity index (χ1v) is 12.9. The standard InChI is InChI=1S/C31H30N2O8/c1-37-23-13-9-21(10-14-23)31(20-7-5-4-6-8-20,22-11-15-24(38-2)16-12-22)40-19-25-27(35)28(39-3)29(41-25)33-18-17-26(34)32-30(33)36/h4-18,25,28-29H,19H2,1-3H3,(H,32,34,36)/t25-,28?,29-/m1/s1. The Hall–Kier alpha value is -4.51. The van der Waals surface area contributed by atoms with Gasteiger partial charge in [0.05, 0.1) is 20.8 Å². The zero-order chi connectivity index (χ0) is 29.0. The van der Waals surface area contributed by atoms with Gasteiger partial charge in [-0.1, -0.05) is 54.6 Å². The summed E-state index contributed by atoms with van der Waals surface area (Å²) in [4.78, 5) is 39.7. The molecular weight excluding hydrogens is 528 g/mol. The number of aromatic amines is 1. The van der Waals surface area contributed by atoms with Gasteiger partial charge < -0.3 is 23.7 Å². The van der Waals surface area contributed by atoms with Gasteiger partial charge in [0, 0.05) is 19.4 Å². The summed E-state index contributed by atoms with van der Waals surface area (Å²) in [6.07, 6.45) is -1.96. The third-order valence-electron chi connectivity index (χ3n) is 7.16. The number of H-pyrrole nitrogens is 1. The summed E-state index contributed by atoms with van der Waals surface area (Å²) in [5.74, 6) is 0.968. The van der Waals surface area contributed by atoms with Crippen LogP contribution in [0, 0.1) is 0 Å². The van der Waals surface area contributed by atoms with Crippen molar-refractivity contribution >= 4 is 5.78 Å². The lowest BCUT2D eigenvalue weighted by molar-refractivity contribution is -0.132. The molecule has 1 N–H and O–H groups in total. The second-order valence-corrected chi connectivity index (χ2v) is 9.41. The van der Waals surface area contributed by atoms with Crippen molar-refractivity contribution in [1.82, 2.24) is 9.55 Å². The number of rotatable bonds is 10. The first-order valence-electron chi connectivity index (χ1n) is 12.9. The van der Waals surface area contributed by atoms with E-state index in [1.807, 2.05) is 78.9 Å². The molecule has 0 saturated carbocycles. The summed E-state index contributed by atoms with van der Waals surface area (Å²) in [6.45, 7) is -0.166. The number of aromatic nitrogens is 2. The molecule has 1 aliphatic rings. The molecule has 5 rings (SSSR count). The fourth-order valence-corrected chi connectivity index (χ4v) is 5.10. The Bertz CT molecular complexity index is 1550. The molecule has 41 heavy (non-hydrogen) atoms. The molecular formula is C31H30N2O8. The van der Waals surface area contributed by atoms with E-state index in [9.17, 15) is 14.4 Å². The van der Waals surface area contributed by atoms with Crippen LogP contribution < -0.4 is 20.7 Å². The summed E-state index contributed by atoms with van der Waals surface area (Å²) in [5, 5.41) is 0. The Labute approximate surface area is 236 Å². The van der Waals surface area contributed by atoms with Crippen molar-refractivity contribution in [1.29, 1.82) is 0 Å². The van der Waals surface area contributed by atoms with E-state index in [2.05, 4.69) is 4.98 Å². The second kappa shape index (κ2) is 11.9. The van der Waals surface area contributed by atoms with Gasteiger partial charge in [-0.25, -0.2) is 4.79 Å². The molecule has 1 aliphatic heterocycles. The molecule has 0 amide bonds. The largest absolute Gasteiger partial charge is 0.497 e. The van der Waals surface area contributed by atoms with Crippen molar-refractivity contribution in [3.05, 3.63) is 129 Å². The first-order chi connectivity index (χ1) is 19.9. The summed E-state index contributed by atoms with van der Waals surface area (Å²) >= 11 is 0. The molecule has 4 aromatic rings. The minimum atomic E-state index is -1.17. The van der Waals surface area contributed by atoms with Crippen molar-refractivity contribution in [3.8, 4) is 11.5 Å². The van der Waals surface area contributed by atoms with Gasteiger partial charge in [0.1, 0.15) is 23.2 Å². The van der Waals surface area contributed by atoms with E-state index in [-0.39, 0.29) is 12.4 Å². The minimum Gasteiger partial charge on any atom is -0.497 e. The Morgan fingerprint density at radius 2 is 1.34 bits per heavy atom. The van der Waals surface area contributed by atoms with Gasteiger partial charge >= 0.3 is 5.69 Å². The summed E-state index contributed by atoms with van der Waals surface area (Å²) in [6, 6.07) is 25.8. The average molecular weight is 559 g/mol. The third kappa shape index (κ3) is 5.32. The Kier molecular flexibility index (Phi) is 8.16. The van der Waals surface area contributed by atoms with Gasteiger partial charge in [0.25, 0.3) is 5.56 Å². The number of Topliss-reactive ketones (excluding diaryl/α,β-unsaturated/α-hetero) is 1. The number of benzene rings is 3. The smallest absolute Gasteiger partial charge is 0.330 e. The minimum absolute atomic E-state index is 0.166. The highest BCUT2D eigenvalue weighted by molar-refractivity contribution is 5.89. The van der Waals surface area contributed by atoms with Crippen LogP contribution in [0.3, 0.4) is 0 Å². The van der Waals surface area contributed by atoms with Gasteiger partial charge in [0.2, 0.25) is 0 Å². The molecule has 1 saturated heterocycles. The molecule has 0 spiro atoms. The van der Waals surface area contributed by atoms with Crippen LogP contribution in [0.15, 0.2) is 101 Å². The lowest BCUT2D eigenvalue weighted by Crippen LogP contribution is -2.38.